The largest absolute Gasteiger partial charge is 0.349 e. The first-order valence-corrected chi connectivity index (χ1v) is 9.66. The van der Waals surface area contributed by atoms with Crippen LogP contribution in [0, 0.1) is 13.8 Å². The third-order valence-corrected chi connectivity index (χ3v) is 5.48. The van der Waals surface area contributed by atoms with E-state index in [0.717, 1.165) is 11.1 Å². The van der Waals surface area contributed by atoms with Crippen LogP contribution in [-0.2, 0) is 10.5 Å². The molecule has 0 radical (unpaired) electrons. The van der Waals surface area contributed by atoms with Gasteiger partial charge in [-0.2, -0.15) is 0 Å². The highest BCUT2D eigenvalue weighted by Gasteiger charge is 2.11. The van der Waals surface area contributed by atoms with Crippen molar-refractivity contribution in [1.82, 2.24) is 5.32 Å². The number of carbonyl (C=O) groups excluding carboxylic acids is 1. The van der Waals surface area contributed by atoms with E-state index in [9.17, 15) is 4.79 Å². The monoisotopic (exact) mass is 381 g/mol. The van der Waals surface area contributed by atoms with E-state index in [1.54, 1.807) is 6.07 Å². The molecule has 0 aliphatic rings. The third-order valence-electron chi connectivity index (χ3n) is 3.91. The van der Waals surface area contributed by atoms with Crippen LogP contribution in [0.5, 0.6) is 0 Å². The molecule has 0 heterocycles. The first-order valence-electron chi connectivity index (χ1n) is 7.75. The summed E-state index contributed by atoms with van der Waals surface area (Å²) in [5.41, 5.74) is 4.60. The van der Waals surface area contributed by atoms with Crippen LogP contribution < -0.4 is 5.32 Å². The molecule has 0 spiro atoms. The molecule has 0 aliphatic carbocycles. The normalized spacial score (nSPS) is 12.0. The first-order chi connectivity index (χ1) is 11.4. The average molecular weight is 382 g/mol. The van der Waals surface area contributed by atoms with E-state index in [0.29, 0.717) is 21.6 Å². The molecular weight excluding hydrogens is 361 g/mol. The fraction of sp³-hybridized carbons (Fsp3) is 0.316. The maximum atomic E-state index is 12.1. The van der Waals surface area contributed by atoms with Crippen LogP contribution in [-0.4, -0.2) is 11.7 Å². The van der Waals surface area contributed by atoms with Crippen LogP contribution in [0.1, 0.15) is 35.2 Å². The summed E-state index contributed by atoms with van der Waals surface area (Å²) in [5, 5.41) is 4.30. The lowest BCUT2D eigenvalue weighted by Gasteiger charge is -2.15. The van der Waals surface area contributed by atoms with E-state index in [4.69, 9.17) is 23.2 Å². The van der Waals surface area contributed by atoms with Crippen molar-refractivity contribution in [2.75, 3.05) is 5.75 Å². The van der Waals surface area contributed by atoms with Crippen LogP contribution >= 0.6 is 35.0 Å². The summed E-state index contributed by atoms with van der Waals surface area (Å²) < 4.78 is 0. The van der Waals surface area contributed by atoms with Crippen molar-refractivity contribution in [2.45, 2.75) is 32.6 Å². The zero-order valence-electron chi connectivity index (χ0n) is 14.0. The fourth-order valence-corrected chi connectivity index (χ4v) is 3.69. The molecule has 1 N–H and O–H groups in total. The molecule has 2 aromatic carbocycles. The Kier molecular flexibility index (Phi) is 7.02. The van der Waals surface area contributed by atoms with Crippen molar-refractivity contribution >= 4 is 40.9 Å². The Hall–Kier alpha value is -1.16. The second kappa shape index (κ2) is 8.80. The summed E-state index contributed by atoms with van der Waals surface area (Å²) >= 11 is 13.6. The number of benzene rings is 2. The molecule has 128 valence electrons. The summed E-state index contributed by atoms with van der Waals surface area (Å²) in [6.07, 6.45) is 0. The Labute approximate surface area is 157 Å². The number of hydrogen-bond donors (Lipinski definition) is 1. The van der Waals surface area contributed by atoms with E-state index in [1.807, 2.05) is 19.1 Å². The van der Waals surface area contributed by atoms with E-state index >= 15 is 0 Å². The lowest BCUT2D eigenvalue weighted by Crippen LogP contribution is -2.28. The summed E-state index contributed by atoms with van der Waals surface area (Å²) in [6.45, 7) is 6.17. The Morgan fingerprint density at radius 2 is 1.88 bits per heavy atom. The quantitative estimate of drug-likeness (QED) is 0.692. The molecule has 1 amide bonds. The van der Waals surface area contributed by atoms with Crippen LogP contribution in [0.2, 0.25) is 10.0 Å². The maximum absolute atomic E-state index is 12.1. The fourth-order valence-electron chi connectivity index (χ4n) is 2.29. The highest BCUT2D eigenvalue weighted by molar-refractivity contribution is 7.99. The topological polar surface area (TPSA) is 29.1 Å². The van der Waals surface area contributed by atoms with Gasteiger partial charge in [0.1, 0.15) is 0 Å². The first kappa shape index (κ1) is 19.2. The minimum Gasteiger partial charge on any atom is -0.349 e. The predicted molar refractivity (Wildman–Crippen MR) is 105 cm³/mol. The number of amides is 1. The Balaban J connectivity index is 1.83. The Morgan fingerprint density at radius 3 is 2.54 bits per heavy atom. The molecule has 0 aliphatic heterocycles. The van der Waals surface area contributed by atoms with Crippen molar-refractivity contribution in [3.63, 3.8) is 0 Å². The molecule has 0 saturated carbocycles. The van der Waals surface area contributed by atoms with Crippen LogP contribution in [0.25, 0.3) is 0 Å². The second-order valence-electron chi connectivity index (χ2n) is 5.86. The third kappa shape index (κ3) is 5.44. The molecule has 1 atom stereocenters. The van der Waals surface area contributed by atoms with Gasteiger partial charge in [0.15, 0.2) is 0 Å². The molecule has 0 aromatic heterocycles. The molecule has 2 nitrogen and oxygen atoms in total. The van der Waals surface area contributed by atoms with Crippen LogP contribution in [0.15, 0.2) is 36.4 Å². The van der Waals surface area contributed by atoms with E-state index < -0.39 is 0 Å². The van der Waals surface area contributed by atoms with Gasteiger partial charge >= 0.3 is 0 Å². The zero-order chi connectivity index (χ0) is 17.7. The molecular formula is C19H21Cl2NOS. The van der Waals surface area contributed by atoms with Gasteiger partial charge < -0.3 is 5.32 Å². The van der Waals surface area contributed by atoms with Gasteiger partial charge in [-0.15, -0.1) is 11.8 Å². The molecule has 0 bridgehead atoms. The maximum Gasteiger partial charge on any atom is 0.230 e. The average Bonchev–Trinajstić information content (AvgIpc) is 2.52. The van der Waals surface area contributed by atoms with Gasteiger partial charge in [0.05, 0.1) is 11.8 Å². The van der Waals surface area contributed by atoms with Gasteiger partial charge in [-0.3, -0.25) is 4.79 Å². The van der Waals surface area contributed by atoms with Crippen molar-refractivity contribution in [1.29, 1.82) is 0 Å². The summed E-state index contributed by atoms with van der Waals surface area (Å²) in [4.78, 5) is 12.1. The zero-order valence-corrected chi connectivity index (χ0v) is 16.4. The van der Waals surface area contributed by atoms with E-state index in [-0.39, 0.29) is 11.9 Å². The van der Waals surface area contributed by atoms with Gasteiger partial charge in [-0.1, -0.05) is 47.5 Å². The molecule has 0 saturated heterocycles. The van der Waals surface area contributed by atoms with Gasteiger partial charge in [0.25, 0.3) is 0 Å². The highest BCUT2D eigenvalue weighted by atomic mass is 35.5. The second-order valence-corrected chi connectivity index (χ2v) is 7.69. The number of thioether (sulfide) groups is 1. The van der Waals surface area contributed by atoms with Crippen molar-refractivity contribution < 1.29 is 4.79 Å². The minimum atomic E-state index is -0.00322. The summed E-state index contributed by atoms with van der Waals surface area (Å²) in [7, 11) is 0. The predicted octanol–water partition coefficient (Wildman–Crippen LogP) is 5.72. The number of carbonyl (C=O) groups is 1. The van der Waals surface area contributed by atoms with E-state index in [1.165, 1.54) is 22.9 Å². The van der Waals surface area contributed by atoms with Crippen LogP contribution in [0.4, 0.5) is 0 Å². The molecule has 5 heteroatoms. The molecule has 0 fully saturated rings. The summed E-state index contributed by atoms with van der Waals surface area (Å²) in [5.74, 6) is 1.10. The molecule has 0 unspecified atom stereocenters. The smallest absolute Gasteiger partial charge is 0.230 e. The van der Waals surface area contributed by atoms with Crippen molar-refractivity contribution in [3.05, 3.63) is 68.7 Å². The van der Waals surface area contributed by atoms with Gasteiger partial charge in [0.2, 0.25) is 5.91 Å². The Morgan fingerprint density at radius 1 is 1.12 bits per heavy atom. The number of halogens is 2. The highest BCUT2D eigenvalue weighted by Crippen LogP contribution is 2.24. The SMILES string of the molecule is Cc1ccc([C@@H](C)NC(=O)CSCc2ccc(Cl)cc2Cl)cc1C. The standard InChI is InChI=1S/C19H21Cl2NOS/c1-12-4-5-15(8-13(12)2)14(3)22-19(23)11-24-10-16-6-7-17(20)9-18(16)21/h4-9,14H,10-11H2,1-3H3,(H,22,23)/t14-/m1/s1. The van der Waals surface area contributed by atoms with Crippen molar-refractivity contribution in [2.24, 2.45) is 0 Å². The number of nitrogens with one attached hydrogen (secondary N) is 1. The molecule has 24 heavy (non-hydrogen) atoms. The summed E-state index contributed by atoms with van der Waals surface area (Å²) in [6, 6.07) is 11.7. The van der Waals surface area contributed by atoms with Crippen LogP contribution in [0.3, 0.4) is 0 Å². The lowest BCUT2D eigenvalue weighted by atomic mass is 10.0. The number of rotatable bonds is 6. The van der Waals surface area contributed by atoms with E-state index in [2.05, 4.69) is 37.4 Å². The van der Waals surface area contributed by atoms with Crippen molar-refractivity contribution in [3.8, 4) is 0 Å². The lowest BCUT2D eigenvalue weighted by molar-refractivity contribution is -0.119. The van der Waals surface area contributed by atoms with Gasteiger partial charge in [0, 0.05) is 15.8 Å². The molecule has 2 aromatic rings. The molecule has 2 rings (SSSR count). The number of hydrogen-bond acceptors (Lipinski definition) is 2. The van der Waals surface area contributed by atoms with Gasteiger partial charge in [-0.25, -0.2) is 0 Å². The Bertz CT molecular complexity index is 733. The minimum absolute atomic E-state index is 0.00322. The van der Waals surface area contributed by atoms with Gasteiger partial charge in [-0.05, 0) is 55.2 Å². The number of aryl methyl sites for hydroxylation is 2.